The van der Waals surface area contributed by atoms with Gasteiger partial charge in [-0.1, -0.05) is 12.1 Å². The fourth-order valence-corrected chi connectivity index (χ4v) is 3.61. The number of hydrogen-bond donors (Lipinski definition) is 1. The summed E-state index contributed by atoms with van der Waals surface area (Å²) in [7, 11) is 0. The summed E-state index contributed by atoms with van der Waals surface area (Å²) in [6.45, 7) is 2.47. The van der Waals surface area contributed by atoms with Gasteiger partial charge in [-0.25, -0.2) is 9.59 Å². The predicted octanol–water partition coefficient (Wildman–Crippen LogP) is 1.91. The number of cyclic esters (lactones) is 2. The number of rotatable bonds is 1. The van der Waals surface area contributed by atoms with Crippen LogP contribution in [0, 0.1) is 10.5 Å². The minimum Gasteiger partial charge on any atom is -0.456 e. The van der Waals surface area contributed by atoms with Crippen molar-refractivity contribution in [3.8, 4) is 0 Å². The lowest BCUT2D eigenvalue weighted by molar-refractivity contribution is -0.136. The Hall–Kier alpha value is -1.83. The van der Waals surface area contributed by atoms with Gasteiger partial charge >= 0.3 is 11.9 Å². The Morgan fingerprint density at radius 2 is 1.68 bits per heavy atom. The number of benzene rings is 1. The molecular formula is C16H12INO4. The predicted molar refractivity (Wildman–Crippen MR) is 85.7 cm³/mol. The highest BCUT2D eigenvalue weighted by molar-refractivity contribution is 14.1. The highest BCUT2D eigenvalue weighted by atomic mass is 127. The first-order valence-corrected chi connectivity index (χ1v) is 7.97. The molecule has 0 amide bonds. The molecule has 0 bridgehead atoms. The molecule has 4 rings (SSSR count). The lowest BCUT2D eigenvalue weighted by Crippen LogP contribution is -2.27. The lowest BCUT2D eigenvalue weighted by Gasteiger charge is -2.24. The Bertz CT molecular complexity index is 753. The van der Waals surface area contributed by atoms with Gasteiger partial charge in [0.25, 0.3) is 0 Å². The van der Waals surface area contributed by atoms with E-state index in [1.54, 1.807) is 0 Å². The number of aryl methyl sites for hydroxylation is 1. The van der Waals surface area contributed by atoms with E-state index >= 15 is 0 Å². The molecule has 1 aromatic carbocycles. The summed E-state index contributed by atoms with van der Waals surface area (Å²) in [4.78, 5) is 24.3. The third kappa shape index (κ3) is 1.89. The molecule has 3 aliphatic heterocycles. The van der Waals surface area contributed by atoms with Crippen molar-refractivity contribution in [2.75, 3.05) is 13.2 Å². The lowest BCUT2D eigenvalue weighted by atomic mass is 9.81. The van der Waals surface area contributed by atoms with Crippen LogP contribution in [-0.2, 0) is 19.1 Å². The third-order valence-corrected chi connectivity index (χ3v) is 5.36. The second-order valence-corrected chi connectivity index (χ2v) is 6.67. The van der Waals surface area contributed by atoms with E-state index in [2.05, 4.69) is 27.9 Å². The first kappa shape index (κ1) is 13.8. The Balaban J connectivity index is 1.91. The van der Waals surface area contributed by atoms with Gasteiger partial charge in [0.1, 0.15) is 13.2 Å². The molecule has 1 N–H and O–H groups in total. The molecule has 22 heavy (non-hydrogen) atoms. The monoisotopic (exact) mass is 409 g/mol. The van der Waals surface area contributed by atoms with E-state index in [-0.39, 0.29) is 25.2 Å². The minimum absolute atomic E-state index is 0.221. The molecule has 3 aliphatic rings. The summed E-state index contributed by atoms with van der Waals surface area (Å²) in [5.74, 6) is -1.14. The number of ether oxygens (including phenoxy) is 2. The van der Waals surface area contributed by atoms with Crippen LogP contribution in [0.3, 0.4) is 0 Å². The van der Waals surface area contributed by atoms with E-state index in [0.29, 0.717) is 11.1 Å². The zero-order valence-electron chi connectivity index (χ0n) is 11.7. The highest BCUT2D eigenvalue weighted by Crippen LogP contribution is 2.43. The summed E-state index contributed by atoms with van der Waals surface area (Å²) in [6.07, 6.45) is 0. The quantitative estimate of drug-likeness (QED) is 0.567. The van der Waals surface area contributed by atoms with Gasteiger partial charge in [0.15, 0.2) is 0 Å². The third-order valence-electron chi connectivity index (χ3n) is 4.19. The molecular weight excluding hydrogens is 397 g/mol. The standard InChI is InChI=1S/C16H12INO4/c1-7-2-3-8(4-9(7)17)12-13-10(5-21-15(13)19)18-11-6-22-16(20)14(11)12/h2-4,12,18H,5-6H2,1H3. The van der Waals surface area contributed by atoms with Gasteiger partial charge in [0, 0.05) is 3.57 Å². The maximum atomic E-state index is 12.1. The maximum Gasteiger partial charge on any atom is 0.337 e. The van der Waals surface area contributed by atoms with Crippen LogP contribution in [0.5, 0.6) is 0 Å². The molecule has 0 radical (unpaired) electrons. The Morgan fingerprint density at radius 1 is 1.09 bits per heavy atom. The Morgan fingerprint density at radius 3 is 2.23 bits per heavy atom. The maximum absolute atomic E-state index is 12.1. The molecule has 0 aromatic heterocycles. The van der Waals surface area contributed by atoms with Gasteiger partial charge in [0.05, 0.1) is 28.5 Å². The van der Waals surface area contributed by atoms with Gasteiger partial charge < -0.3 is 14.8 Å². The molecule has 1 aromatic rings. The van der Waals surface area contributed by atoms with Crippen molar-refractivity contribution in [2.24, 2.45) is 0 Å². The fourth-order valence-electron chi connectivity index (χ4n) is 3.07. The van der Waals surface area contributed by atoms with Crippen LogP contribution in [0.25, 0.3) is 0 Å². The van der Waals surface area contributed by atoms with Crippen molar-refractivity contribution < 1.29 is 19.1 Å². The van der Waals surface area contributed by atoms with Gasteiger partial charge in [-0.3, -0.25) is 0 Å². The van der Waals surface area contributed by atoms with Crippen LogP contribution < -0.4 is 5.32 Å². The molecule has 6 heteroatoms. The molecule has 0 aliphatic carbocycles. The van der Waals surface area contributed by atoms with Crippen LogP contribution >= 0.6 is 22.6 Å². The van der Waals surface area contributed by atoms with Crippen molar-refractivity contribution in [1.82, 2.24) is 5.32 Å². The van der Waals surface area contributed by atoms with E-state index in [9.17, 15) is 9.59 Å². The van der Waals surface area contributed by atoms with E-state index < -0.39 is 5.92 Å². The van der Waals surface area contributed by atoms with Gasteiger partial charge in [-0.15, -0.1) is 0 Å². The van der Waals surface area contributed by atoms with E-state index in [4.69, 9.17) is 9.47 Å². The van der Waals surface area contributed by atoms with Crippen LogP contribution in [0.4, 0.5) is 0 Å². The van der Waals surface area contributed by atoms with Crippen LogP contribution in [0.15, 0.2) is 40.7 Å². The average molecular weight is 409 g/mol. The van der Waals surface area contributed by atoms with E-state index in [0.717, 1.165) is 26.1 Å². The minimum atomic E-state index is -0.412. The number of esters is 2. The van der Waals surface area contributed by atoms with Crippen molar-refractivity contribution in [2.45, 2.75) is 12.8 Å². The number of carbonyl (C=O) groups is 2. The highest BCUT2D eigenvalue weighted by Gasteiger charge is 2.45. The molecule has 112 valence electrons. The van der Waals surface area contributed by atoms with Crippen molar-refractivity contribution in [3.63, 3.8) is 0 Å². The topological polar surface area (TPSA) is 64.6 Å². The molecule has 5 nitrogen and oxygen atoms in total. The summed E-state index contributed by atoms with van der Waals surface area (Å²) in [5, 5.41) is 3.13. The van der Waals surface area contributed by atoms with Crippen molar-refractivity contribution in [3.05, 3.63) is 55.4 Å². The van der Waals surface area contributed by atoms with Crippen LogP contribution in [0.1, 0.15) is 17.0 Å². The smallest absolute Gasteiger partial charge is 0.337 e. The molecule has 0 unspecified atom stereocenters. The number of dihydropyridines is 1. The second-order valence-electron chi connectivity index (χ2n) is 5.50. The Kier molecular flexibility index (Phi) is 3.04. The zero-order chi connectivity index (χ0) is 15.4. The first-order chi connectivity index (χ1) is 10.6. The normalized spacial score (nSPS) is 20.6. The van der Waals surface area contributed by atoms with E-state index in [1.807, 2.05) is 25.1 Å². The van der Waals surface area contributed by atoms with Crippen LogP contribution in [0.2, 0.25) is 0 Å². The second kappa shape index (κ2) is 4.84. The molecule has 0 atom stereocenters. The van der Waals surface area contributed by atoms with Gasteiger partial charge in [0.2, 0.25) is 0 Å². The van der Waals surface area contributed by atoms with Crippen molar-refractivity contribution in [1.29, 1.82) is 0 Å². The number of halogens is 1. The molecule has 0 fully saturated rings. The van der Waals surface area contributed by atoms with Crippen LogP contribution in [-0.4, -0.2) is 25.2 Å². The first-order valence-electron chi connectivity index (χ1n) is 6.89. The van der Waals surface area contributed by atoms with Crippen molar-refractivity contribution >= 4 is 34.5 Å². The summed E-state index contributed by atoms with van der Waals surface area (Å²) < 4.78 is 11.4. The Labute approximate surface area is 140 Å². The fraction of sp³-hybridized carbons (Fsp3) is 0.250. The zero-order valence-corrected chi connectivity index (χ0v) is 13.9. The average Bonchev–Trinajstić information content (AvgIpc) is 3.05. The molecule has 3 heterocycles. The number of hydrogen-bond acceptors (Lipinski definition) is 5. The van der Waals surface area contributed by atoms with E-state index in [1.165, 1.54) is 0 Å². The van der Waals surface area contributed by atoms with Gasteiger partial charge in [-0.2, -0.15) is 0 Å². The largest absolute Gasteiger partial charge is 0.456 e. The summed E-state index contributed by atoms with van der Waals surface area (Å²) in [6, 6.07) is 5.97. The number of nitrogens with one attached hydrogen (secondary N) is 1. The number of carbonyl (C=O) groups excluding carboxylic acids is 2. The summed E-state index contributed by atoms with van der Waals surface area (Å²) >= 11 is 2.26. The van der Waals surface area contributed by atoms with Gasteiger partial charge in [-0.05, 0) is 46.7 Å². The SMILES string of the molecule is Cc1ccc(C2C3=C(COC3=O)NC3=C2C(=O)OC3)cc1I. The molecule has 0 spiro atoms. The molecule has 0 saturated heterocycles. The molecule has 0 saturated carbocycles. The summed E-state index contributed by atoms with van der Waals surface area (Å²) in [5.41, 5.74) is 4.60.